The molecule has 25 heavy (non-hydrogen) atoms. The Hall–Kier alpha value is -3.09. The number of amides is 2. The van der Waals surface area contributed by atoms with Crippen molar-refractivity contribution in [3.05, 3.63) is 47.6 Å². The smallest absolute Gasteiger partial charge is 0.323 e. The van der Waals surface area contributed by atoms with E-state index in [0.29, 0.717) is 11.6 Å². The first-order chi connectivity index (χ1) is 12.0. The van der Waals surface area contributed by atoms with Crippen molar-refractivity contribution in [1.29, 1.82) is 0 Å². The summed E-state index contributed by atoms with van der Waals surface area (Å²) in [7, 11) is 0. The van der Waals surface area contributed by atoms with E-state index in [1.807, 2.05) is 56.6 Å². The number of anilines is 2. The zero-order valence-corrected chi connectivity index (χ0v) is 14.8. The van der Waals surface area contributed by atoms with Crippen molar-refractivity contribution in [2.75, 3.05) is 10.6 Å². The first-order valence-corrected chi connectivity index (χ1v) is 8.12. The Balaban J connectivity index is 1.74. The van der Waals surface area contributed by atoms with Gasteiger partial charge in [-0.25, -0.2) is 9.78 Å². The van der Waals surface area contributed by atoms with E-state index < -0.39 is 0 Å². The maximum atomic E-state index is 12.3. The number of urea groups is 1. The lowest BCUT2D eigenvalue weighted by Gasteiger charge is -2.09. The molecular formula is C18H21N5O2. The van der Waals surface area contributed by atoms with Crippen molar-refractivity contribution in [3.8, 4) is 11.5 Å². The van der Waals surface area contributed by atoms with Crippen LogP contribution >= 0.6 is 0 Å². The zero-order valence-electron chi connectivity index (χ0n) is 14.8. The standard InChI is InChI=1S/C18H21N5O2/c1-5-23-13(4)16(12(3)22-23)21-18(24)20-15-8-6-7-14(9-15)17-19-10-11(2)25-17/h6-10H,5H2,1-4H3,(H2,20,21,24). The van der Waals surface area contributed by atoms with Gasteiger partial charge in [-0.2, -0.15) is 5.10 Å². The van der Waals surface area contributed by atoms with Gasteiger partial charge in [0.25, 0.3) is 0 Å². The lowest BCUT2D eigenvalue weighted by molar-refractivity contribution is 0.262. The molecule has 0 fully saturated rings. The fourth-order valence-electron chi connectivity index (χ4n) is 2.68. The average molecular weight is 339 g/mol. The van der Waals surface area contributed by atoms with Crippen molar-refractivity contribution in [1.82, 2.24) is 14.8 Å². The molecule has 0 aliphatic carbocycles. The number of oxazole rings is 1. The molecule has 7 nitrogen and oxygen atoms in total. The van der Waals surface area contributed by atoms with E-state index >= 15 is 0 Å². The van der Waals surface area contributed by atoms with Gasteiger partial charge in [-0.15, -0.1) is 0 Å². The molecule has 0 spiro atoms. The molecule has 0 aliphatic heterocycles. The number of rotatable bonds is 4. The number of aryl methyl sites for hydroxylation is 3. The maximum Gasteiger partial charge on any atom is 0.323 e. The van der Waals surface area contributed by atoms with Crippen molar-refractivity contribution >= 4 is 17.4 Å². The van der Waals surface area contributed by atoms with Gasteiger partial charge in [0.1, 0.15) is 5.76 Å². The molecule has 0 bridgehead atoms. The Bertz CT molecular complexity index is 910. The van der Waals surface area contributed by atoms with Crippen molar-refractivity contribution < 1.29 is 9.21 Å². The van der Waals surface area contributed by atoms with Crippen LogP contribution in [0.15, 0.2) is 34.9 Å². The quantitative estimate of drug-likeness (QED) is 0.748. The maximum absolute atomic E-state index is 12.3. The predicted octanol–water partition coefficient (Wildman–Crippen LogP) is 4.13. The molecule has 0 unspecified atom stereocenters. The van der Waals surface area contributed by atoms with Gasteiger partial charge < -0.3 is 15.1 Å². The highest BCUT2D eigenvalue weighted by Crippen LogP contribution is 2.23. The number of benzene rings is 1. The van der Waals surface area contributed by atoms with Crippen LogP contribution in [-0.4, -0.2) is 20.8 Å². The molecule has 0 radical (unpaired) electrons. The topological polar surface area (TPSA) is 85.0 Å². The van der Waals surface area contributed by atoms with Crippen LogP contribution in [0.4, 0.5) is 16.2 Å². The lowest BCUT2D eigenvalue weighted by atomic mass is 10.2. The monoisotopic (exact) mass is 339 g/mol. The molecule has 3 aromatic rings. The molecule has 2 aromatic heterocycles. The van der Waals surface area contributed by atoms with Gasteiger partial charge in [0.15, 0.2) is 0 Å². The molecule has 0 saturated heterocycles. The van der Waals surface area contributed by atoms with Crippen LogP contribution < -0.4 is 10.6 Å². The fourth-order valence-corrected chi connectivity index (χ4v) is 2.68. The number of nitrogens with zero attached hydrogens (tertiary/aromatic N) is 3. The number of carbonyl (C=O) groups excluding carboxylic acids is 1. The van der Waals surface area contributed by atoms with Gasteiger partial charge in [-0.1, -0.05) is 6.07 Å². The SMILES string of the molecule is CCn1nc(C)c(NC(=O)Nc2cccc(-c3ncc(C)o3)c2)c1C. The van der Waals surface area contributed by atoms with Crippen LogP contribution in [-0.2, 0) is 6.54 Å². The van der Waals surface area contributed by atoms with Crippen LogP contribution in [0, 0.1) is 20.8 Å². The van der Waals surface area contributed by atoms with Crippen molar-refractivity contribution in [2.45, 2.75) is 34.2 Å². The van der Waals surface area contributed by atoms with E-state index in [4.69, 9.17) is 4.42 Å². The summed E-state index contributed by atoms with van der Waals surface area (Å²) >= 11 is 0. The molecule has 2 N–H and O–H groups in total. The fraction of sp³-hybridized carbons (Fsp3) is 0.278. The van der Waals surface area contributed by atoms with E-state index in [9.17, 15) is 4.79 Å². The van der Waals surface area contributed by atoms with Gasteiger partial charge in [0.2, 0.25) is 5.89 Å². The Morgan fingerprint density at radius 1 is 1.24 bits per heavy atom. The second-order valence-electron chi connectivity index (χ2n) is 5.80. The van der Waals surface area contributed by atoms with Crippen molar-refractivity contribution in [3.63, 3.8) is 0 Å². The first-order valence-electron chi connectivity index (χ1n) is 8.12. The number of hydrogen-bond donors (Lipinski definition) is 2. The molecule has 0 saturated carbocycles. The molecule has 130 valence electrons. The van der Waals surface area contributed by atoms with Gasteiger partial charge in [0.05, 0.1) is 23.3 Å². The molecule has 7 heteroatoms. The van der Waals surface area contributed by atoms with Crippen LogP contribution in [0.5, 0.6) is 0 Å². The summed E-state index contributed by atoms with van der Waals surface area (Å²) < 4.78 is 7.38. The van der Waals surface area contributed by atoms with Crippen molar-refractivity contribution in [2.24, 2.45) is 0 Å². The molecule has 2 amide bonds. The molecule has 0 atom stereocenters. The second-order valence-corrected chi connectivity index (χ2v) is 5.80. The minimum absolute atomic E-state index is 0.317. The summed E-state index contributed by atoms with van der Waals surface area (Å²) in [4.78, 5) is 16.5. The lowest BCUT2D eigenvalue weighted by Crippen LogP contribution is -2.20. The van der Waals surface area contributed by atoms with Crippen LogP contribution in [0.2, 0.25) is 0 Å². The Kier molecular flexibility index (Phi) is 4.56. The molecule has 2 heterocycles. The van der Waals surface area contributed by atoms with E-state index in [0.717, 1.165) is 34.9 Å². The number of carbonyl (C=O) groups is 1. The zero-order chi connectivity index (χ0) is 18.0. The van der Waals surface area contributed by atoms with E-state index in [1.54, 1.807) is 6.20 Å². The summed E-state index contributed by atoms with van der Waals surface area (Å²) in [6.45, 7) is 8.42. The number of hydrogen-bond acceptors (Lipinski definition) is 4. The minimum Gasteiger partial charge on any atom is -0.441 e. The third-order valence-corrected chi connectivity index (χ3v) is 3.91. The van der Waals surface area contributed by atoms with E-state index in [1.165, 1.54) is 0 Å². The summed E-state index contributed by atoms with van der Waals surface area (Å²) in [5.41, 5.74) is 3.91. The highest BCUT2D eigenvalue weighted by molar-refractivity contribution is 6.00. The van der Waals surface area contributed by atoms with Gasteiger partial charge in [-0.05, 0) is 45.9 Å². The summed E-state index contributed by atoms with van der Waals surface area (Å²) in [6.07, 6.45) is 1.67. The Morgan fingerprint density at radius 3 is 2.68 bits per heavy atom. The minimum atomic E-state index is -0.317. The Morgan fingerprint density at radius 2 is 2.04 bits per heavy atom. The Labute approximate surface area is 146 Å². The normalized spacial score (nSPS) is 10.7. The highest BCUT2D eigenvalue weighted by Gasteiger charge is 2.14. The van der Waals surface area contributed by atoms with Crippen LogP contribution in [0.3, 0.4) is 0 Å². The summed E-state index contributed by atoms with van der Waals surface area (Å²) in [6, 6.07) is 7.04. The van der Waals surface area contributed by atoms with Gasteiger partial charge in [0, 0.05) is 17.8 Å². The summed E-state index contributed by atoms with van der Waals surface area (Å²) in [5, 5.41) is 10.1. The number of nitrogens with one attached hydrogen (secondary N) is 2. The van der Waals surface area contributed by atoms with Crippen LogP contribution in [0.1, 0.15) is 24.1 Å². The molecule has 1 aromatic carbocycles. The molecule has 3 rings (SSSR count). The second kappa shape index (κ2) is 6.80. The average Bonchev–Trinajstić information content (AvgIpc) is 3.13. The summed E-state index contributed by atoms with van der Waals surface area (Å²) in [5.74, 6) is 1.27. The third kappa shape index (κ3) is 3.55. The predicted molar refractivity (Wildman–Crippen MR) is 96.7 cm³/mol. The van der Waals surface area contributed by atoms with Crippen LogP contribution in [0.25, 0.3) is 11.5 Å². The largest absolute Gasteiger partial charge is 0.441 e. The third-order valence-electron chi connectivity index (χ3n) is 3.91. The van der Waals surface area contributed by atoms with E-state index in [2.05, 4.69) is 20.7 Å². The number of aromatic nitrogens is 3. The highest BCUT2D eigenvalue weighted by atomic mass is 16.4. The van der Waals surface area contributed by atoms with E-state index in [-0.39, 0.29) is 6.03 Å². The van der Waals surface area contributed by atoms with Gasteiger partial charge in [-0.3, -0.25) is 4.68 Å². The molecular weight excluding hydrogens is 318 g/mol. The molecule has 0 aliphatic rings. The van der Waals surface area contributed by atoms with Gasteiger partial charge >= 0.3 is 6.03 Å². The first kappa shape index (κ1) is 16.8.